The van der Waals surface area contributed by atoms with Gasteiger partial charge in [-0.15, -0.1) is 0 Å². The summed E-state index contributed by atoms with van der Waals surface area (Å²) in [5.74, 6) is -0.464. The van der Waals surface area contributed by atoms with Crippen molar-refractivity contribution in [3.63, 3.8) is 0 Å². The lowest BCUT2D eigenvalue weighted by Gasteiger charge is -2.26. The summed E-state index contributed by atoms with van der Waals surface area (Å²) in [6.07, 6.45) is 3.80. The van der Waals surface area contributed by atoms with Crippen molar-refractivity contribution in [3.05, 3.63) is 35.9 Å². The fraction of sp³-hybridized carbons (Fsp3) is 0.471. The first-order valence-electron chi connectivity index (χ1n) is 8.07. The zero-order valence-electron chi connectivity index (χ0n) is 13.0. The number of nitrogens with zero attached hydrogens (tertiary/aromatic N) is 2. The zero-order chi connectivity index (χ0) is 16.2. The lowest BCUT2D eigenvalue weighted by molar-refractivity contribution is -0.137. The molecule has 2 aliphatic heterocycles. The highest BCUT2D eigenvalue weighted by molar-refractivity contribution is 6.04. The van der Waals surface area contributed by atoms with Crippen LogP contribution in [0, 0.1) is 0 Å². The van der Waals surface area contributed by atoms with E-state index in [1.165, 1.54) is 5.56 Å². The van der Waals surface area contributed by atoms with E-state index in [9.17, 15) is 14.4 Å². The van der Waals surface area contributed by atoms with Crippen LogP contribution in [-0.2, 0) is 16.0 Å². The lowest BCUT2D eigenvalue weighted by atomic mass is 10.0. The van der Waals surface area contributed by atoms with Gasteiger partial charge in [-0.1, -0.05) is 30.3 Å². The van der Waals surface area contributed by atoms with Gasteiger partial charge in [0.1, 0.15) is 6.54 Å². The molecule has 0 aromatic heterocycles. The number of carbonyl (C=O) groups excluding carboxylic acids is 3. The number of amides is 4. The molecule has 1 aromatic rings. The van der Waals surface area contributed by atoms with Gasteiger partial charge in [0.05, 0.1) is 6.54 Å². The van der Waals surface area contributed by atoms with Crippen molar-refractivity contribution in [2.75, 3.05) is 19.6 Å². The van der Waals surface area contributed by atoms with Crippen molar-refractivity contribution in [2.45, 2.75) is 31.7 Å². The number of hydrogen-bond acceptors (Lipinski definition) is 3. The molecule has 0 bridgehead atoms. The second-order valence-corrected chi connectivity index (χ2v) is 6.05. The molecule has 2 aliphatic rings. The van der Waals surface area contributed by atoms with Crippen molar-refractivity contribution < 1.29 is 14.4 Å². The van der Waals surface area contributed by atoms with Gasteiger partial charge in [-0.25, -0.2) is 4.79 Å². The van der Waals surface area contributed by atoms with E-state index in [-0.39, 0.29) is 30.9 Å². The molecule has 1 N–H and O–H groups in total. The Balaban J connectivity index is 1.56. The Morgan fingerprint density at radius 3 is 2.70 bits per heavy atom. The quantitative estimate of drug-likeness (QED) is 0.829. The third-order valence-electron chi connectivity index (χ3n) is 4.54. The maximum absolute atomic E-state index is 12.5. The minimum atomic E-state index is -0.469. The molecule has 0 spiro atoms. The Morgan fingerprint density at radius 1 is 1.22 bits per heavy atom. The molecule has 2 fully saturated rings. The first-order chi connectivity index (χ1) is 11.1. The molecule has 122 valence electrons. The fourth-order valence-electron chi connectivity index (χ4n) is 3.28. The minimum Gasteiger partial charge on any atom is -0.338 e. The van der Waals surface area contributed by atoms with Gasteiger partial charge in [0.15, 0.2) is 0 Å². The van der Waals surface area contributed by atoms with Crippen LogP contribution in [0.1, 0.15) is 24.8 Å². The normalized spacial score (nSPS) is 21.0. The minimum absolute atomic E-state index is 0.0104. The molecule has 2 saturated heterocycles. The Kier molecular flexibility index (Phi) is 4.60. The van der Waals surface area contributed by atoms with Gasteiger partial charge in [0.2, 0.25) is 5.91 Å². The van der Waals surface area contributed by atoms with E-state index in [1.54, 1.807) is 0 Å². The first-order valence-corrected chi connectivity index (χ1v) is 8.07. The Bertz CT molecular complexity index is 586. The van der Waals surface area contributed by atoms with Gasteiger partial charge >= 0.3 is 6.03 Å². The van der Waals surface area contributed by atoms with Gasteiger partial charge in [-0.3, -0.25) is 14.5 Å². The topological polar surface area (TPSA) is 69.7 Å². The van der Waals surface area contributed by atoms with Gasteiger partial charge in [0.25, 0.3) is 5.91 Å². The number of aryl methyl sites for hydroxylation is 1. The molecule has 6 nitrogen and oxygen atoms in total. The third kappa shape index (κ3) is 3.52. The van der Waals surface area contributed by atoms with Crippen molar-refractivity contribution in [3.8, 4) is 0 Å². The highest BCUT2D eigenvalue weighted by Crippen LogP contribution is 2.22. The molecule has 0 radical (unpaired) electrons. The van der Waals surface area contributed by atoms with E-state index < -0.39 is 6.03 Å². The van der Waals surface area contributed by atoms with Crippen LogP contribution in [0.2, 0.25) is 0 Å². The monoisotopic (exact) mass is 315 g/mol. The van der Waals surface area contributed by atoms with Crippen LogP contribution in [0.4, 0.5) is 4.79 Å². The molecule has 1 atom stereocenters. The molecule has 0 aliphatic carbocycles. The average molecular weight is 315 g/mol. The summed E-state index contributed by atoms with van der Waals surface area (Å²) < 4.78 is 0. The number of likely N-dealkylation sites (tertiary alicyclic amines) is 1. The molecule has 0 unspecified atom stereocenters. The second-order valence-electron chi connectivity index (χ2n) is 6.05. The molecule has 2 heterocycles. The first kappa shape index (κ1) is 15.5. The number of nitrogens with one attached hydrogen (secondary N) is 1. The molecule has 1 aromatic carbocycles. The number of imide groups is 1. The largest absolute Gasteiger partial charge is 0.338 e. The molecule has 6 heteroatoms. The van der Waals surface area contributed by atoms with E-state index in [0.29, 0.717) is 6.54 Å². The van der Waals surface area contributed by atoms with Crippen molar-refractivity contribution in [2.24, 2.45) is 0 Å². The summed E-state index contributed by atoms with van der Waals surface area (Å²) in [5, 5.41) is 2.44. The van der Waals surface area contributed by atoms with Gasteiger partial charge in [-0.2, -0.15) is 0 Å². The number of carbonyl (C=O) groups is 3. The summed E-state index contributed by atoms with van der Waals surface area (Å²) in [6.45, 7) is 0.554. The van der Waals surface area contributed by atoms with Crippen LogP contribution < -0.4 is 5.32 Å². The van der Waals surface area contributed by atoms with Crippen molar-refractivity contribution in [1.82, 2.24) is 15.1 Å². The molecule has 0 saturated carbocycles. The average Bonchev–Trinajstić information content (AvgIpc) is 3.15. The van der Waals surface area contributed by atoms with Crippen LogP contribution in [-0.4, -0.2) is 53.3 Å². The van der Waals surface area contributed by atoms with E-state index in [4.69, 9.17) is 0 Å². The van der Waals surface area contributed by atoms with Crippen LogP contribution >= 0.6 is 0 Å². The highest BCUT2D eigenvalue weighted by atomic mass is 16.2. The summed E-state index contributed by atoms with van der Waals surface area (Å²) in [6, 6.07) is 9.94. The van der Waals surface area contributed by atoms with Crippen LogP contribution in [0.5, 0.6) is 0 Å². The number of rotatable bonds is 5. The van der Waals surface area contributed by atoms with Gasteiger partial charge in [0, 0.05) is 12.6 Å². The van der Waals surface area contributed by atoms with Gasteiger partial charge in [-0.05, 0) is 31.2 Å². The highest BCUT2D eigenvalue weighted by Gasteiger charge is 2.34. The Labute approximate surface area is 135 Å². The predicted molar refractivity (Wildman–Crippen MR) is 84.6 cm³/mol. The Morgan fingerprint density at radius 2 is 2.00 bits per heavy atom. The maximum Gasteiger partial charge on any atom is 0.325 e. The van der Waals surface area contributed by atoms with Gasteiger partial charge < -0.3 is 10.2 Å². The van der Waals surface area contributed by atoms with E-state index in [2.05, 4.69) is 17.4 Å². The molecular weight excluding hydrogens is 294 g/mol. The summed E-state index contributed by atoms with van der Waals surface area (Å²) in [5.41, 5.74) is 1.26. The summed E-state index contributed by atoms with van der Waals surface area (Å²) in [4.78, 5) is 38.5. The third-order valence-corrected chi connectivity index (χ3v) is 4.54. The second kappa shape index (κ2) is 6.81. The molecule has 3 rings (SSSR count). The maximum atomic E-state index is 12.5. The number of hydrogen-bond donors (Lipinski definition) is 1. The molecule has 23 heavy (non-hydrogen) atoms. The molecule has 4 amide bonds. The summed E-state index contributed by atoms with van der Waals surface area (Å²) >= 11 is 0. The van der Waals surface area contributed by atoms with Crippen molar-refractivity contribution in [1.29, 1.82) is 0 Å². The smallest absolute Gasteiger partial charge is 0.325 e. The van der Waals surface area contributed by atoms with Crippen LogP contribution in [0.25, 0.3) is 0 Å². The SMILES string of the molecule is O=C1CNC(=O)N1CC(=O)N1CCC[C@H]1CCc1ccccc1. The van der Waals surface area contributed by atoms with E-state index >= 15 is 0 Å². The number of urea groups is 1. The standard InChI is InChI=1S/C17H21N3O3/c21-15-11-18-17(23)20(15)12-16(22)19-10-4-7-14(19)9-8-13-5-2-1-3-6-13/h1-3,5-6,14H,4,7-12H2,(H,18,23)/t14-/m0/s1. The predicted octanol–water partition coefficient (Wildman–Crippen LogP) is 1.16. The summed E-state index contributed by atoms with van der Waals surface area (Å²) in [7, 11) is 0. The van der Waals surface area contributed by atoms with Crippen LogP contribution in [0.3, 0.4) is 0 Å². The van der Waals surface area contributed by atoms with Crippen molar-refractivity contribution >= 4 is 17.8 Å². The lowest BCUT2D eigenvalue weighted by Crippen LogP contribution is -2.45. The van der Waals surface area contributed by atoms with E-state index in [0.717, 1.165) is 30.6 Å². The number of benzene rings is 1. The zero-order valence-corrected chi connectivity index (χ0v) is 13.0. The van der Waals surface area contributed by atoms with E-state index in [1.807, 2.05) is 23.1 Å². The van der Waals surface area contributed by atoms with Crippen LogP contribution in [0.15, 0.2) is 30.3 Å². The fourth-order valence-corrected chi connectivity index (χ4v) is 3.28. The molecular formula is C17H21N3O3. The Hall–Kier alpha value is -2.37.